The number of fused-ring (bicyclic) bond motifs is 1. The van der Waals surface area contributed by atoms with Crippen molar-refractivity contribution < 1.29 is 18.6 Å². The first-order chi connectivity index (χ1) is 9.81. The molecule has 0 fully saturated rings. The van der Waals surface area contributed by atoms with E-state index in [1.54, 1.807) is 7.11 Å². The molecule has 0 aliphatic rings. The molecule has 0 saturated carbocycles. The quantitative estimate of drug-likeness (QED) is 0.712. The Morgan fingerprint density at radius 2 is 1.85 bits per heavy atom. The van der Waals surface area contributed by atoms with Gasteiger partial charge in [-0.2, -0.15) is 0 Å². The topological polar surface area (TPSA) is 66.8 Å². The highest BCUT2D eigenvalue weighted by atomic mass is 16.5. The molecule has 20 heavy (non-hydrogen) atoms. The molecule has 110 valence electrons. The van der Waals surface area contributed by atoms with Crippen LogP contribution in [0.4, 0.5) is 0 Å². The molecule has 2 aromatic rings. The van der Waals surface area contributed by atoms with Gasteiger partial charge in [0, 0.05) is 12.5 Å². The van der Waals surface area contributed by atoms with Crippen molar-refractivity contribution in [2.75, 3.05) is 40.1 Å². The number of para-hydroxylation sites is 1. The lowest BCUT2D eigenvalue weighted by molar-refractivity contribution is 0.0205. The number of hydrogen-bond donors (Lipinski definition) is 1. The van der Waals surface area contributed by atoms with Crippen molar-refractivity contribution in [1.82, 2.24) is 0 Å². The molecule has 1 aromatic heterocycles. The molecule has 2 rings (SSSR count). The van der Waals surface area contributed by atoms with Gasteiger partial charge < -0.3 is 24.4 Å². The molecule has 0 radical (unpaired) electrons. The fourth-order valence-corrected chi connectivity index (χ4v) is 1.84. The first kappa shape index (κ1) is 15.0. The van der Waals surface area contributed by atoms with Crippen molar-refractivity contribution in [1.29, 1.82) is 0 Å². The summed E-state index contributed by atoms with van der Waals surface area (Å²) in [5.41, 5.74) is 6.89. The largest absolute Gasteiger partial charge is 0.459 e. The van der Waals surface area contributed by atoms with Gasteiger partial charge in [0.25, 0.3) is 0 Å². The second-order valence-electron chi connectivity index (χ2n) is 4.47. The molecule has 0 amide bonds. The smallest absolute Gasteiger partial charge is 0.134 e. The number of nitrogens with two attached hydrogens (primary N) is 1. The van der Waals surface area contributed by atoms with Gasteiger partial charge in [-0.1, -0.05) is 18.2 Å². The zero-order valence-electron chi connectivity index (χ0n) is 11.7. The highest BCUT2D eigenvalue weighted by Crippen LogP contribution is 2.22. The van der Waals surface area contributed by atoms with E-state index in [0.717, 1.165) is 16.7 Å². The number of ether oxygens (including phenoxy) is 3. The molecule has 2 N–H and O–H groups in total. The standard InChI is InChI=1S/C15H21NO4/c1-17-6-7-18-8-9-19-11-13(16)15-10-12-4-2-3-5-14(12)20-15/h2-5,10,13H,6-9,11,16H2,1H3. The summed E-state index contributed by atoms with van der Waals surface area (Å²) in [5.74, 6) is 0.742. The second kappa shape index (κ2) is 8.01. The van der Waals surface area contributed by atoms with Gasteiger partial charge in [-0.05, 0) is 12.1 Å². The maximum atomic E-state index is 6.04. The Labute approximate surface area is 118 Å². The summed E-state index contributed by atoms with van der Waals surface area (Å²) in [6.07, 6.45) is 0. The second-order valence-corrected chi connectivity index (χ2v) is 4.47. The molecule has 1 atom stereocenters. The summed E-state index contributed by atoms with van der Waals surface area (Å²) in [7, 11) is 1.65. The van der Waals surface area contributed by atoms with Crippen LogP contribution in [0, 0.1) is 0 Å². The zero-order chi connectivity index (χ0) is 14.2. The van der Waals surface area contributed by atoms with Crippen LogP contribution in [0.15, 0.2) is 34.7 Å². The van der Waals surface area contributed by atoms with Gasteiger partial charge in [-0.3, -0.25) is 0 Å². The maximum absolute atomic E-state index is 6.04. The average Bonchev–Trinajstić information content (AvgIpc) is 2.90. The van der Waals surface area contributed by atoms with Crippen LogP contribution in [-0.2, 0) is 14.2 Å². The molecular weight excluding hydrogens is 258 g/mol. The summed E-state index contributed by atoms with van der Waals surface area (Å²) in [6.45, 7) is 2.63. The molecule has 1 unspecified atom stereocenters. The van der Waals surface area contributed by atoms with Gasteiger partial charge in [-0.15, -0.1) is 0 Å². The van der Waals surface area contributed by atoms with Crippen LogP contribution in [0.25, 0.3) is 11.0 Å². The number of benzene rings is 1. The number of rotatable bonds is 9. The molecule has 1 aromatic carbocycles. The van der Waals surface area contributed by atoms with Crippen molar-refractivity contribution in [3.05, 3.63) is 36.1 Å². The van der Waals surface area contributed by atoms with Crippen LogP contribution in [0.1, 0.15) is 11.8 Å². The summed E-state index contributed by atoms with van der Waals surface area (Å²) in [5, 5.41) is 1.06. The summed E-state index contributed by atoms with van der Waals surface area (Å²) >= 11 is 0. The minimum Gasteiger partial charge on any atom is -0.459 e. The molecule has 1 heterocycles. The van der Waals surface area contributed by atoms with Gasteiger partial charge in [0.2, 0.25) is 0 Å². The Morgan fingerprint density at radius 1 is 1.10 bits per heavy atom. The monoisotopic (exact) mass is 279 g/mol. The van der Waals surface area contributed by atoms with E-state index in [1.165, 1.54) is 0 Å². The molecule has 0 aliphatic carbocycles. The Bertz CT molecular complexity index is 478. The van der Waals surface area contributed by atoms with Crippen LogP contribution < -0.4 is 5.73 Å². The highest BCUT2D eigenvalue weighted by molar-refractivity contribution is 5.77. The van der Waals surface area contributed by atoms with Gasteiger partial charge in [0.15, 0.2) is 0 Å². The number of methoxy groups -OCH3 is 1. The third-order valence-electron chi connectivity index (χ3n) is 2.91. The van der Waals surface area contributed by atoms with Crippen molar-refractivity contribution in [2.45, 2.75) is 6.04 Å². The SMILES string of the molecule is COCCOCCOCC(N)c1cc2ccccc2o1. The van der Waals surface area contributed by atoms with Crippen LogP contribution >= 0.6 is 0 Å². The van der Waals surface area contributed by atoms with Gasteiger partial charge in [0.1, 0.15) is 11.3 Å². The highest BCUT2D eigenvalue weighted by Gasteiger charge is 2.11. The van der Waals surface area contributed by atoms with E-state index < -0.39 is 0 Å². The minimum atomic E-state index is -0.263. The molecule has 0 aliphatic heterocycles. The van der Waals surface area contributed by atoms with Crippen molar-refractivity contribution >= 4 is 11.0 Å². The van der Waals surface area contributed by atoms with Crippen LogP contribution in [0.2, 0.25) is 0 Å². The molecular formula is C15H21NO4. The third-order valence-corrected chi connectivity index (χ3v) is 2.91. The fourth-order valence-electron chi connectivity index (χ4n) is 1.84. The Morgan fingerprint density at radius 3 is 2.65 bits per heavy atom. The molecule has 5 nitrogen and oxygen atoms in total. The average molecular weight is 279 g/mol. The summed E-state index contributed by atoms with van der Waals surface area (Å²) in [4.78, 5) is 0. The fraction of sp³-hybridized carbons (Fsp3) is 0.467. The van der Waals surface area contributed by atoms with E-state index in [9.17, 15) is 0 Å². The van der Waals surface area contributed by atoms with Crippen LogP contribution in [0.5, 0.6) is 0 Å². The van der Waals surface area contributed by atoms with E-state index in [1.807, 2.05) is 30.3 Å². The first-order valence-electron chi connectivity index (χ1n) is 6.69. The van der Waals surface area contributed by atoms with Crippen molar-refractivity contribution in [2.24, 2.45) is 5.73 Å². The molecule has 0 bridgehead atoms. The van der Waals surface area contributed by atoms with E-state index in [4.69, 9.17) is 24.4 Å². The predicted octanol–water partition coefficient (Wildman–Crippen LogP) is 2.11. The van der Waals surface area contributed by atoms with Crippen LogP contribution in [0.3, 0.4) is 0 Å². The van der Waals surface area contributed by atoms with E-state index in [-0.39, 0.29) is 6.04 Å². The maximum Gasteiger partial charge on any atom is 0.134 e. The number of furan rings is 1. The summed E-state index contributed by atoms with van der Waals surface area (Å²) in [6, 6.07) is 9.53. The Balaban J connectivity index is 1.70. The lowest BCUT2D eigenvalue weighted by Gasteiger charge is -2.09. The number of hydrogen-bond acceptors (Lipinski definition) is 5. The predicted molar refractivity (Wildman–Crippen MR) is 76.7 cm³/mol. The Kier molecular flexibility index (Phi) is 6.01. The van der Waals surface area contributed by atoms with E-state index >= 15 is 0 Å². The molecule has 0 saturated heterocycles. The van der Waals surface area contributed by atoms with Gasteiger partial charge in [0.05, 0.1) is 39.1 Å². The van der Waals surface area contributed by atoms with Crippen molar-refractivity contribution in [3.8, 4) is 0 Å². The normalized spacial score (nSPS) is 12.9. The lowest BCUT2D eigenvalue weighted by Crippen LogP contribution is -2.18. The lowest BCUT2D eigenvalue weighted by atomic mass is 10.2. The zero-order valence-corrected chi connectivity index (χ0v) is 11.7. The van der Waals surface area contributed by atoms with Crippen LogP contribution in [-0.4, -0.2) is 40.1 Å². The van der Waals surface area contributed by atoms with E-state index in [2.05, 4.69) is 0 Å². The molecule has 0 spiro atoms. The first-order valence-corrected chi connectivity index (χ1v) is 6.69. The minimum absolute atomic E-state index is 0.263. The molecule has 5 heteroatoms. The van der Waals surface area contributed by atoms with Crippen molar-refractivity contribution in [3.63, 3.8) is 0 Å². The third kappa shape index (κ3) is 4.31. The van der Waals surface area contributed by atoms with Gasteiger partial charge in [-0.25, -0.2) is 0 Å². The Hall–Kier alpha value is -1.40. The van der Waals surface area contributed by atoms with Gasteiger partial charge >= 0.3 is 0 Å². The summed E-state index contributed by atoms with van der Waals surface area (Å²) < 4.78 is 21.3. The van der Waals surface area contributed by atoms with E-state index in [0.29, 0.717) is 33.0 Å².